The van der Waals surface area contributed by atoms with E-state index in [1.165, 1.54) is 7.11 Å². The van der Waals surface area contributed by atoms with E-state index in [1.807, 2.05) is 0 Å². The normalized spacial score (nSPS) is 20.3. The predicted molar refractivity (Wildman–Crippen MR) is 108 cm³/mol. The van der Waals surface area contributed by atoms with Gasteiger partial charge in [0.1, 0.15) is 5.92 Å². The zero-order valence-corrected chi connectivity index (χ0v) is 18.6. The van der Waals surface area contributed by atoms with Crippen molar-refractivity contribution in [1.29, 1.82) is 0 Å². The minimum absolute atomic E-state index is 0.0469. The van der Waals surface area contributed by atoms with Crippen molar-refractivity contribution in [3.8, 4) is 0 Å². The average molecular weight is 378 g/mol. The summed E-state index contributed by atoms with van der Waals surface area (Å²) < 4.78 is 7.36. The molecule has 1 aromatic rings. The van der Waals surface area contributed by atoms with E-state index in [0.717, 1.165) is 24.0 Å². The lowest BCUT2D eigenvalue weighted by Gasteiger charge is -2.44. The van der Waals surface area contributed by atoms with Crippen molar-refractivity contribution < 1.29 is 14.3 Å². The third-order valence-electron chi connectivity index (χ3n) is 6.48. The first kappa shape index (κ1) is 20.9. The minimum Gasteiger partial charge on any atom is -0.468 e. The van der Waals surface area contributed by atoms with Crippen LogP contribution in [0.1, 0.15) is 83.1 Å². The molecule has 5 heteroatoms. The van der Waals surface area contributed by atoms with Crippen LogP contribution < -0.4 is 0 Å². The topological polar surface area (TPSA) is 48.3 Å². The van der Waals surface area contributed by atoms with Crippen molar-refractivity contribution in [3.63, 3.8) is 0 Å². The maximum Gasteiger partial charge on any atom is 0.317 e. The predicted octanol–water partition coefficient (Wildman–Crippen LogP) is 5.38. The number of carbonyl (C=O) groups excluding carboxylic acids is 2. The highest BCUT2D eigenvalue weighted by atomic mass is 28.3. The zero-order chi connectivity index (χ0) is 19.8. The Morgan fingerprint density at radius 3 is 2.08 bits per heavy atom. The molecule has 1 aliphatic rings. The second-order valence-electron chi connectivity index (χ2n) is 8.65. The van der Waals surface area contributed by atoms with Crippen molar-refractivity contribution in [2.75, 3.05) is 7.11 Å². The Morgan fingerprint density at radius 2 is 1.65 bits per heavy atom. The summed E-state index contributed by atoms with van der Waals surface area (Å²) in [6.07, 6.45) is 6.05. The van der Waals surface area contributed by atoms with E-state index in [4.69, 9.17) is 4.74 Å². The van der Waals surface area contributed by atoms with Gasteiger partial charge in [0, 0.05) is 17.7 Å². The molecule has 1 aliphatic carbocycles. The molecule has 0 aromatic carbocycles. The van der Waals surface area contributed by atoms with Crippen molar-refractivity contribution in [1.82, 2.24) is 4.23 Å². The monoisotopic (exact) mass is 377 g/mol. The van der Waals surface area contributed by atoms with Crippen molar-refractivity contribution in [3.05, 3.63) is 23.5 Å². The van der Waals surface area contributed by atoms with Crippen molar-refractivity contribution >= 4 is 20.0 Å². The number of hydrogen-bond donors (Lipinski definition) is 0. The molecule has 0 saturated heterocycles. The largest absolute Gasteiger partial charge is 0.468 e. The van der Waals surface area contributed by atoms with E-state index in [-0.39, 0.29) is 11.7 Å². The molecule has 0 radical (unpaired) electrons. The molecule has 0 amide bonds. The Hall–Kier alpha value is -1.36. The summed E-state index contributed by atoms with van der Waals surface area (Å²) in [4.78, 5) is 25.3. The van der Waals surface area contributed by atoms with Crippen LogP contribution >= 0.6 is 0 Å². The van der Waals surface area contributed by atoms with Gasteiger partial charge in [0.15, 0.2) is 14.0 Å². The van der Waals surface area contributed by atoms with Crippen LogP contribution in [0, 0.1) is 5.92 Å². The minimum atomic E-state index is -1.89. The Bertz CT molecular complexity index is 653. The van der Waals surface area contributed by atoms with E-state index >= 15 is 0 Å². The van der Waals surface area contributed by atoms with Crippen LogP contribution in [0.15, 0.2) is 12.4 Å². The molecule has 2 rings (SSSR count). The molecule has 0 aliphatic heterocycles. The van der Waals surface area contributed by atoms with E-state index in [9.17, 15) is 9.59 Å². The van der Waals surface area contributed by atoms with Crippen LogP contribution in [0.4, 0.5) is 0 Å². The Balaban J connectivity index is 2.61. The number of carbonyl (C=O) groups is 2. The van der Waals surface area contributed by atoms with E-state index < -0.39 is 20.1 Å². The molecule has 1 heterocycles. The van der Waals surface area contributed by atoms with Crippen molar-refractivity contribution in [2.45, 2.75) is 83.8 Å². The molecule has 26 heavy (non-hydrogen) atoms. The van der Waals surface area contributed by atoms with Gasteiger partial charge in [0.2, 0.25) is 0 Å². The number of esters is 1. The van der Waals surface area contributed by atoms with Gasteiger partial charge in [-0.2, -0.15) is 0 Å². The summed E-state index contributed by atoms with van der Waals surface area (Å²) >= 11 is 0. The summed E-state index contributed by atoms with van der Waals surface area (Å²) in [6, 6.07) is 0. The number of ketones is 1. The van der Waals surface area contributed by atoms with Gasteiger partial charge in [-0.15, -0.1) is 0 Å². The fraction of sp³-hybridized carbons (Fsp3) is 0.714. The molecule has 2 atom stereocenters. The first-order chi connectivity index (χ1) is 12.1. The van der Waals surface area contributed by atoms with Crippen LogP contribution in [-0.2, 0) is 9.53 Å². The Morgan fingerprint density at radius 1 is 1.12 bits per heavy atom. The third-order valence-corrected chi connectivity index (χ3v) is 13.2. The van der Waals surface area contributed by atoms with Crippen LogP contribution in [-0.4, -0.2) is 31.3 Å². The molecule has 0 unspecified atom stereocenters. The average Bonchev–Trinajstić information content (AvgIpc) is 3.07. The number of rotatable bonds is 7. The molecule has 0 bridgehead atoms. The van der Waals surface area contributed by atoms with Gasteiger partial charge in [-0.1, -0.05) is 54.9 Å². The number of methoxy groups -OCH3 is 1. The van der Waals surface area contributed by atoms with E-state index in [1.54, 1.807) is 0 Å². The smallest absolute Gasteiger partial charge is 0.317 e. The van der Waals surface area contributed by atoms with Gasteiger partial charge in [-0.05, 0) is 34.8 Å². The number of hydrogen-bond acceptors (Lipinski definition) is 3. The molecule has 4 nitrogen and oxygen atoms in total. The highest BCUT2D eigenvalue weighted by molar-refractivity contribution is 6.82. The van der Waals surface area contributed by atoms with Crippen molar-refractivity contribution in [2.24, 2.45) is 5.92 Å². The lowest BCUT2D eigenvalue weighted by atomic mass is 9.89. The number of ether oxygens (including phenoxy) is 1. The van der Waals surface area contributed by atoms with Gasteiger partial charge in [0.05, 0.1) is 7.11 Å². The maximum atomic E-state index is 13.0. The Labute approximate surface area is 159 Å². The van der Waals surface area contributed by atoms with Crippen LogP contribution in [0.3, 0.4) is 0 Å². The standard InChI is InChI=1S/C21H35NO3Si/c1-9-10-16-17-11-22(26(13(2)3,14(4)5)15(6)7)12-18(17)20(23)19(16)21(24)25-8/h11-16,19H,9-10H2,1-8H3/t16-,19+/m0/s1. The molecule has 1 aromatic heterocycles. The first-order valence-corrected chi connectivity index (χ1v) is 12.2. The Kier molecular flexibility index (Phi) is 6.21. The number of fused-ring (bicyclic) bond motifs is 1. The summed E-state index contributed by atoms with van der Waals surface area (Å²) in [5, 5.41) is 0. The van der Waals surface area contributed by atoms with Gasteiger partial charge < -0.3 is 8.97 Å². The van der Waals surface area contributed by atoms with Crippen LogP contribution in [0.5, 0.6) is 0 Å². The van der Waals surface area contributed by atoms with Crippen LogP contribution in [0.2, 0.25) is 16.6 Å². The molecule has 0 spiro atoms. The quantitative estimate of drug-likeness (QED) is 0.364. The summed E-state index contributed by atoms with van der Waals surface area (Å²) in [5.41, 5.74) is 3.49. The summed E-state index contributed by atoms with van der Waals surface area (Å²) in [7, 11) is -0.517. The summed E-state index contributed by atoms with van der Waals surface area (Å²) in [5.74, 6) is -1.15. The fourth-order valence-corrected chi connectivity index (χ4v) is 12.2. The lowest BCUT2D eigenvalue weighted by Crippen LogP contribution is -2.51. The molecule has 0 saturated carbocycles. The highest BCUT2D eigenvalue weighted by Crippen LogP contribution is 2.47. The SMILES string of the molecule is CCC[C@H]1c2cn([Si](C(C)C)(C(C)C)C(C)C)cc2C(=O)[C@@H]1C(=O)OC. The van der Waals surface area contributed by atoms with Gasteiger partial charge >= 0.3 is 5.97 Å². The van der Waals surface area contributed by atoms with Crippen LogP contribution in [0.25, 0.3) is 0 Å². The third kappa shape index (κ3) is 2.98. The molecular weight excluding hydrogens is 342 g/mol. The van der Waals surface area contributed by atoms with Gasteiger partial charge in [-0.3, -0.25) is 9.59 Å². The first-order valence-electron chi connectivity index (χ1n) is 9.98. The second kappa shape index (κ2) is 7.71. The second-order valence-corrected chi connectivity index (χ2v) is 14.4. The highest BCUT2D eigenvalue weighted by Gasteiger charge is 2.49. The lowest BCUT2D eigenvalue weighted by molar-refractivity contribution is -0.144. The molecule has 146 valence electrons. The zero-order valence-electron chi connectivity index (χ0n) is 17.6. The number of nitrogens with zero attached hydrogens (tertiary/aromatic N) is 1. The van der Waals surface area contributed by atoms with E-state index in [0.29, 0.717) is 16.6 Å². The van der Waals surface area contributed by atoms with Gasteiger partial charge in [-0.25, -0.2) is 0 Å². The number of Topliss-reactive ketones (excluding diaryl/α,β-unsaturated/α-hetero) is 1. The maximum absolute atomic E-state index is 13.0. The molecule has 0 N–H and O–H groups in total. The molecule has 0 fully saturated rings. The molecular formula is C21H35NO3Si. The van der Waals surface area contributed by atoms with E-state index in [2.05, 4.69) is 65.1 Å². The number of aromatic nitrogens is 1. The van der Waals surface area contributed by atoms with Gasteiger partial charge in [0.25, 0.3) is 0 Å². The summed E-state index contributed by atoms with van der Waals surface area (Å²) in [6.45, 7) is 16.0. The fourth-order valence-electron chi connectivity index (χ4n) is 5.65.